The number of aromatic nitrogens is 2. The molecular formula is C35H40N6O6S. The number of piperidine rings is 2. The number of imidazole rings is 1. The SMILES string of the molecule is Cn1c(=O)n(C2CCC(=O)NC2=O)c2ccc(Nc3cccc(CC(=O)Nc4cccc(CS(=O)(=O)N5CCCCC5(C)C)c4)c3)cc21. The van der Waals surface area contributed by atoms with Crippen LogP contribution >= 0.6 is 0 Å². The molecule has 4 aromatic rings. The number of carbonyl (C=O) groups is 3. The minimum atomic E-state index is -3.52. The number of imide groups is 1. The van der Waals surface area contributed by atoms with E-state index in [2.05, 4.69) is 16.0 Å². The lowest BCUT2D eigenvalue weighted by Gasteiger charge is -2.41. The molecule has 0 bridgehead atoms. The summed E-state index contributed by atoms with van der Waals surface area (Å²) in [6.07, 6.45) is 3.22. The van der Waals surface area contributed by atoms with Crippen LogP contribution in [-0.4, -0.2) is 51.7 Å². The molecule has 2 saturated heterocycles. The standard InChI is InChI=1S/C35H40N6O6S/c1-35(2)16-4-5-17-40(35)48(46,47)22-24-9-7-11-26(19-24)37-32(43)20-23-8-6-10-25(18-23)36-27-12-13-28-30(21-27)39(3)34(45)41(28)29-14-15-31(42)38-33(29)44/h6-13,18-19,21,29,36H,4-5,14-17,20,22H2,1-3H3,(H,37,43)(H,38,42,44). The van der Waals surface area contributed by atoms with Crippen molar-refractivity contribution in [2.45, 2.75) is 69.7 Å². The van der Waals surface area contributed by atoms with Gasteiger partial charge in [0.25, 0.3) is 0 Å². The van der Waals surface area contributed by atoms with Crippen LogP contribution in [-0.2, 0) is 43.6 Å². The molecule has 2 fully saturated rings. The van der Waals surface area contributed by atoms with Crippen molar-refractivity contribution in [1.29, 1.82) is 0 Å². The van der Waals surface area contributed by atoms with Gasteiger partial charge in [0.15, 0.2) is 0 Å². The van der Waals surface area contributed by atoms with Gasteiger partial charge in [0.1, 0.15) is 6.04 Å². The molecule has 1 aromatic heterocycles. The highest BCUT2D eigenvalue weighted by atomic mass is 32.2. The molecule has 0 spiro atoms. The third-order valence-corrected chi connectivity index (χ3v) is 11.2. The number of aryl methyl sites for hydroxylation is 1. The van der Waals surface area contributed by atoms with Crippen molar-refractivity contribution < 1.29 is 22.8 Å². The average molecular weight is 673 g/mol. The summed E-state index contributed by atoms with van der Waals surface area (Å²) in [5.41, 5.74) is 3.81. The molecule has 0 radical (unpaired) electrons. The van der Waals surface area contributed by atoms with Gasteiger partial charge < -0.3 is 10.6 Å². The molecule has 1 atom stereocenters. The number of nitrogens with one attached hydrogen (secondary N) is 3. The summed E-state index contributed by atoms with van der Waals surface area (Å²) in [5, 5.41) is 8.55. The zero-order chi connectivity index (χ0) is 34.2. The lowest BCUT2D eigenvalue weighted by molar-refractivity contribution is -0.135. The molecule has 12 nitrogen and oxygen atoms in total. The molecule has 0 saturated carbocycles. The molecule has 2 aliphatic rings. The molecule has 3 amide bonds. The van der Waals surface area contributed by atoms with E-state index in [0.717, 1.165) is 30.5 Å². The summed E-state index contributed by atoms with van der Waals surface area (Å²) in [6, 6.07) is 19.0. The van der Waals surface area contributed by atoms with E-state index in [4.69, 9.17) is 0 Å². The van der Waals surface area contributed by atoms with Gasteiger partial charge in [0, 0.05) is 42.6 Å². The number of sulfonamides is 1. The van der Waals surface area contributed by atoms with Crippen LogP contribution in [0, 0.1) is 0 Å². The van der Waals surface area contributed by atoms with Crippen molar-refractivity contribution in [3.63, 3.8) is 0 Å². The quantitative estimate of drug-likeness (QED) is 0.224. The Balaban J connectivity index is 1.12. The third-order valence-electron chi connectivity index (χ3n) is 9.16. The Labute approximate surface area is 279 Å². The Morgan fingerprint density at radius 3 is 2.38 bits per heavy atom. The smallest absolute Gasteiger partial charge is 0.329 e. The zero-order valence-electron chi connectivity index (χ0n) is 27.3. The fraction of sp³-hybridized carbons (Fsp3) is 0.371. The van der Waals surface area contributed by atoms with Crippen molar-refractivity contribution in [2.24, 2.45) is 7.05 Å². The number of fused-ring (bicyclic) bond motifs is 1. The second kappa shape index (κ2) is 13.0. The molecule has 3 heterocycles. The first-order chi connectivity index (χ1) is 22.8. The summed E-state index contributed by atoms with van der Waals surface area (Å²) in [5.74, 6) is -1.20. The lowest BCUT2D eigenvalue weighted by atomic mass is 9.93. The van der Waals surface area contributed by atoms with Gasteiger partial charge in [-0.1, -0.05) is 30.7 Å². The second-order valence-corrected chi connectivity index (χ2v) is 15.1. The summed E-state index contributed by atoms with van der Waals surface area (Å²) in [7, 11) is -1.89. The Kier molecular flexibility index (Phi) is 9.01. The fourth-order valence-corrected chi connectivity index (χ4v) is 8.78. The number of benzene rings is 3. The zero-order valence-corrected chi connectivity index (χ0v) is 28.1. The third kappa shape index (κ3) is 6.92. The minimum absolute atomic E-state index is 0.0996. The number of amides is 3. The molecule has 13 heteroatoms. The maximum absolute atomic E-state index is 13.3. The Morgan fingerprint density at radius 1 is 0.917 bits per heavy atom. The Morgan fingerprint density at radius 2 is 1.62 bits per heavy atom. The molecule has 0 aliphatic carbocycles. The number of rotatable bonds is 9. The number of anilines is 3. The van der Waals surface area contributed by atoms with Gasteiger partial charge >= 0.3 is 5.69 Å². The predicted molar refractivity (Wildman–Crippen MR) is 184 cm³/mol. The average Bonchev–Trinajstić information content (AvgIpc) is 3.25. The van der Waals surface area contributed by atoms with Crippen LogP contribution in [0.25, 0.3) is 11.0 Å². The van der Waals surface area contributed by atoms with E-state index >= 15 is 0 Å². The van der Waals surface area contributed by atoms with Crippen molar-refractivity contribution in [2.75, 3.05) is 17.2 Å². The highest BCUT2D eigenvalue weighted by molar-refractivity contribution is 7.88. The monoisotopic (exact) mass is 672 g/mol. The molecular weight excluding hydrogens is 632 g/mol. The van der Waals surface area contributed by atoms with Crippen LogP contribution < -0.4 is 21.6 Å². The van der Waals surface area contributed by atoms with Crippen LogP contribution in [0.2, 0.25) is 0 Å². The molecule has 2 aliphatic heterocycles. The first-order valence-electron chi connectivity index (χ1n) is 16.1. The van der Waals surface area contributed by atoms with Crippen LogP contribution in [0.15, 0.2) is 71.5 Å². The molecule has 3 N–H and O–H groups in total. The van der Waals surface area contributed by atoms with Gasteiger partial charge in [0.2, 0.25) is 27.7 Å². The number of hydrogen-bond acceptors (Lipinski definition) is 7. The van der Waals surface area contributed by atoms with Gasteiger partial charge in [-0.25, -0.2) is 13.2 Å². The topological polar surface area (TPSA) is 152 Å². The van der Waals surface area contributed by atoms with Crippen molar-refractivity contribution in [3.8, 4) is 0 Å². The van der Waals surface area contributed by atoms with Crippen molar-refractivity contribution in [3.05, 3.63) is 88.3 Å². The fourth-order valence-electron chi connectivity index (χ4n) is 6.77. The molecule has 252 valence electrons. The first-order valence-corrected chi connectivity index (χ1v) is 17.7. The molecule has 6 rings (SSSR count). The Hall–Kier alpha value is -4.75. The number of hydrogen-bond donors (Lipinski definition) is 3. The van der Waals surface area contributed by atoms with Gasteiger partial charge in [-0.2, -0.15) is 4.31 Å². The van der Waals surface area contributed by atoms with E-state index in [1.165, 1.54) is 9.13 Å². The molecule has 48 heavy (non-hydrogen) atoms. The van der Waals surface area contributed by atoms with E-state index in [9.17, 15) is 27.6 Å². The van der Waals surface area contributed by atoms with Gasteiger partial charge in [0.05, 0.1) is 23.2 Å². The second-order valence-electron chi connectivity index (χ2n) is 13.2. The highest BCUT2D eigenvalue weighted by Crippen LogP contribution is 2.32. The van der Waals surface area contributed by atoms with Crippen molar-refractivity contribution >= 4 is 55.8 Å². The maximum atomic E-state index is 13.3. The van der Waals surface area contributed by atoms with Gasteiger partial charge in [-0.15, -0.1) is 0 Å². The van der Waals surface area contributed by atoms with Crippen LogP contribution in [0.5, 0.6) is 0 Å². The van der Waals surface area contributed by atoms with Crippen LogP contribution in [0.1, 0.15) is 63.1 Å². The summed E-state index contributed by atoms with van der Waals surface area (Å²) < 4.78 is 31.1. The van der Waals surface area contributed by atoms with E-state index < -0.39 is 27.5 Å². The lowest BCUT2D eigenvalue weighted by Crippen LogP contribution is -2.50. The van der Waals surface area contributed by atoms with Gasteiger partial charge in [-0.05, 0) is 86.7 Å². The predicted octanol–water partition coefficient (Wildman–Crippen LogP) is 4.34. The summed E-state index contributed by atoms with van der Waals surface area (Å²) >= 11 is 0. The first kappa shape index (κ1) is 33.2. The number of nitrogens with zero attached hydrogens (tertiary/aromatic N) is 3. The Bertz CT molecular complexity index is 2080. The normalized spacial score (nSPS) is 18.4. The van der Waals surface area contributed by atoms with Crippen molar-refractivity contribution in [1.82, 2.24) is 18.8 Å². The van der Waals surface area contributed by atoms with Crippen LogP contribution in [0.3, 0.4) is 0 Å². The van der Waals surface area contributed by atoms with Crippen LogP contribution in [0.4, 0.5) is 17.1 Å². The largest absolute Gasteiger partial charge is 0.355 e. The molecule has 1 unspecified atom stereocenters. The van der Waals surface area contributed by atoms with E-state index in [1.54, 1.807) is 41.7 Å². The highest BCUT2D eigenvalue weighted by Gasteiger charge is 2.38. The maximum Gasteiger partial charge on any atom is 0.329 e. The van der Waals surface area contributed by atoms with Gasteiger partial charge in [-0.3, -0.25) is 28.8 Å². The summed E-state index contributed by atoms with van der Waals surface area (Å²) in [4.78, 5) is 50.3. The molecule has 3 aromatic carbocycles. The number of carbonyl (C=O) groups excluding carboxylic acids is 3. The van der Waals surface area contributed by atoms with E-state index in [1.807, 2.05) is 50.2 Å². The van der Waals surface area contributed by atoms with E-state index in [-0.39, 0.29) is 42.5 Å². The minimum Gasteiger partial charge on any atom is -0.355 e. The summed E-state index contributed by atoms with van der Waals surface area (Å²) in [6.45, 7) is 4.46. The van der Waals surface area contributed by atoms with E-state index in [0.29, 0.717) is 34.5 Å².